The van der Waals surface area contributed by atoms with Crippen molar-refractivity contribution in [1.29, 1.82) is 0 Å². The molecule has 0 amide bonds. The number of hydrogen-bond donors (Lipinski definition) is 1. The Morgan fingerprint density at radius 2 is 1.80 bits per heavy atom. The molecule has 1 nitrogen and oxygen atoms in total. The Kier molecular flexibility index (Phi) is 0.860. The van der Waals surface area contributed by atoms with Gasteiger partial charge in [-0.25, -0.2) is 0 Å². The van der Waals surface area contributed by atoms with Crippen LogP contribution in [0.4, 0.5) is 0 Å². The molecule has 2 N–H and O–H groups in total. The van der Waals surface area contributed by atoms with Crippen molar-refractivity contribution in [2.45, 2.75) is 33.2 Å². The third-order valence-corrected chi connectivity index (χ3v) is 3.85. The standard InChI is InChI=1S/C9H17N/c1-5-6-7(8(2,3)10)9(5,6)4/h5-7H,10H2,1-4H3/t5-,6?,7?,9+/m1/s1. The number of hydrogen-bond acceptors (Lipinski definition) is 1. The maximum Gasteiger partial charge on any atom is 0.0134 e. The summed E-state index contributed by atoms with van der Waals surface area (Å²) in [6.45, 7) is 9.03. The molecular formula is C9H17N. The fraction of sp³-hybridized carbons (Fsp3) is 1.00. The van der Waals surface area contributed by atoms with Gasteiger partial charge in [-0.3, -0.25) is 0 Å². The summed E-state index contributed by atoms with van der Waals surface area (Å²) < 4.78 is 0. The van der Waals surface area contributed by atoms with Crippen molar-refractivity contribution in [3.05, 3.63) is 0 Å². The van der Waals surface area contributed by atoms with Crippen molar-refractivity contribution in [3.8, 4) is 0 Å². The molecule has 1 heteroatoms. The van der Waals surface area contributed by atoms with E-state index in [1.165, 1.54) is 0 Å². The Morgan fingerprint density at radius 1 is 1.40 bits per heavy atom. The number of nitrogens with two attached hydrogens (primary N) is 1. The lowest BCUT2D eigenvalue weighted by Crippen LogP contribution is -2.40. The summed E-state index contributed by atoms with van der Waals surface area (Å²) in [4.78, 5) is 0. The Hall–Kier alpha value is -0.0400. The van der Waals surface area contributed by atoms with Crippen LogP contribution in [0, 0.1) is 23.2 Å². The molecular weight excluding hydrogens is 122 g/mol. The molecule has 0 spiro atoms. The summed E-state index contributed by atoms with van der Waals surface area (Å²) in [6, 6.07) is 0. The van der Waals surface area contributed by atoms with Crippen molar-refractivity contribution in [2.75, 3.05) is 0 Å². The van der Waals surface area contributed by atoms with Gasteiger partial charge in [-0.2, -0.15) is 0 Å². The molecule has 0 aromatic carbocycles. The normalized spacial score (nSPS) is 57.9. The van der Waals surface area contributed by atoms with Crippen LogP contribution in [0.1, 0.15) is 27.7 Å². The zero-order chi connectivity index (χ0) is 7.73. The molecule has 0 aliphatic heterocycles. The quantitative estimate of drug-likeness (QED) is 0.587. The van der Waals surface area contributed by atoms with Gasteiger partial charge in [0.25, 0.3) is 0 Å². The van der Waals surface area contributed by atoms with Crippen molar-refractivity contribution in [2.24, 2.45) is 28.9 Å². The third kappa shape index (κ3) is 0.493. The SMILES string of the molecule is C[C@@H]1C2C(C(C)(C)N)[C@]21C. The van der Waals surface area contributed by atoms with Gasteiger partial charge >= 0.3 is 0 Å². The van der Waals surface area contributed by atoms with E-state index in [4.69, 9.17) is 5.73 Å². The lowest BCUT2D eigenvalue weighted by Gasteiger charge is -2.26. The molecule has 2 rings (SSSR count). The van der Waals surface area contributed by atoms with Gasteiger partial charge < -0.3 is 5.73 Å². The average molecular weight is 139 g/mol. The molecule has 2 unspecified atom stereocenters. The Morgan fingerprint density at radius 3 is 1.90 bits per heavy atom. The molecule has 0 radical (unpaired) electrons. The van der Waals surface area contributed by atoms with Gasteiger partial charge in [0.1, 0.15) is 0 Å². The van der Waals surface area contributed by atoms with E-state index in [1.54, 1.807) is 0 Å². The monoisotopic (exact) mass is 139 g/mol. The highest BCUT2D eigenvalue weighted by Crippen LogP contribution is 2.85. The van der Waals surface area contributed by atoms with E-state index in [1.807, 2.05) is 0 Å². The smallest absolute Gasteiger partial charge is 0.0134 e. The predicted octanol–water partition coefficient (Wildman–Crippen LogP) is 1.63. The first-order valence-corrected chi connectivity index (χ1v) is 4.19. The van der Waals surface area contributed by atoms with Crippen LogP contribution in [0.3, 0.4) is 0 Å². The van der Waals surface area contributed by atoms with Crippen LogP contribution in [0.15, 0.2) is 0 Å². The second kappa shape index (κ2) is 1.29. The molecule has 0 heterocycles. The van der Waals surface area contributed by atoms with Gasteiger partial charge in [0.05, 0.1) is 0 Å². The van der Waals surface area contributed by atoms with Crippen LogP contribution in [0.25, 0.3) is 0 Å². The lowest BCUT2D eigenvalue weighted by atomic mass is 9.85. The van der Waals surface area contributed by atoms with Crippen molar-refractivity contribution >= 4 is 0 Å². The minimum Gasteiger partial charge on any atom is -0.325 e. The van der Waals surface area contributed by atoms with Crippen LogP contribution in [-0.4, -0.2) is 5.54 Å². The highest BCUT2D eigenvalue weighted by atomic mass is 14.9. The van der Waals surface area contributed by atoms with Crippen LogP contribution in [0.2, 0.25) is 0 Å². The van der Waals surface area contributed by atoms with Gasteiger partial charge in [-0.1, -0.05) is 13.8 Å². The van der Waals surface area contributed by atoms with Crippen LogP contribution in [0.5, 0.6) is 0 Å². The Labute approximate surface area is 63.0 Å². The zero-order valence-corrected chi connectivity index (χ0v) is 7.31. The average Bonchev–Trinajstić information content (AvgIpc) is 2.48. The van der Waals surface area contributed by atoms with E-state index in [-0.39, 0.29) is 5.54 Å². The molecule has 58 valence electrons. The minimum absolute atomic E-state index is 0.0753. The van der Waals surface area contributed by atoms with E-state index in [0.29, 0.717) is 5.41 Å². The fourth-order valence-corrected chi connectivity index (χ4v) is 3.08. The third-order valence-electron chi connectivity index (χ3n) is 3.85. The van der Waals surface area contributed by atoms with E-state index >= 15 is 0 Å². The van der Waals surface area contributed by atoms with Crippen LogP contribution < -0.4 is 5.73 Å². The summed E-state index contributed by atoms with van der Waals surface area (Å²) in [5.41, 5.74) is 6.74. The van der Waals surface area contributed by atoms with Gasteiger partial charge in [-0.15, -0.1) is 0 Å². The topological polar surface area (TPSA) is 26.0 Å². The van der Waals surface area contributed by atoms with E-state index in [9.17, 15) is 0 Å². The van der Waals surface area contributed by atoms with Gasteiger partial charge in [0, 0.05) is 5.54 Å². The second-order valence-corrected chi connectivity index (χ2v) is 4.98. The summed E-state index contributed by atoms with van der Waals surface area (Å²) in [5, 5.41) is 0. The predicted molar refractivity (Wildman–Crippen MR) is 42.5 cm³/mol. The summed E-state index contributed by atoms with van der Waals surface area (Å²) in [5.74, 6) is 2.74. The maximum absolute atomic E-state index is 6.01. The number of fused-ring (bicyclic) bond motifs is 1. The lowest BCUT2D eigenvalue weighted by molar-refractivity contribution is 0.287. The van der Waals surface area contributed by atoms with Crippen molar-refractivity contribution in [3.63, 3.8) is 0 Å². The van der Waals surface area contributed by atoms with E-state index in [2.05, 4.69) is 27.7 Å². The molecule has 2 fully saturated rings. The summed E-state index contributed by atoms with van der Waals surface area (Å²) in [6.07, 6.45) is 0. The van der Waals surface area contributed by atoms with Crippen molar-refractivity contribution in [1.82, 2.24) is 0 Å². The Bertz CT molecular complexity index is 180. The Balaban J connectivity index is 2.07. The minimum atomic E-state index is 0.0753. The van der Waals surface area contributed by atoms with Gasteiger partial charge in [0.15, 0.2) is 0 Å². The highest BCUT2D eigenvalue weighted by molar-refractivity contribution is 5.31. The largest absolute Gasteiger partial charge is 0.325 e. The molecule has 4 atom stereocenters. The summed E-state index contributed by atoms with van der Waals surface area (Å²) >= 11 is 0. The first-order valence-electron chi connectivity index (χ1n) is 4.19. The zero-order valence-electron chi connectivity index (χ0n) is 7.31. The van der Waals surface area contributed by atoms with Gasteiger partial charge in [-0.05, 0) is 37.0 Å². The first kappa shape index (κ1) is 6.66. The second-order valence-electron chi connectivity index (χ2n) is 4.98. The first-order chi connectivity index (χ1) is 4.40. The highest BCUT2D eigenvalue weighted by Gasteiger charge is 2.83. The number of rotatable bonds is 1. The molecule has 0 aromatic rings. The molecule has 0 aromatic heterocycles. The molecule has 2 saturated carbocycles. The maximum atomic E-state index is 6.01. The fourth-order valence-electron chi connectivity index (χ4n) is 3.08. The van der Waals surface area contributed by atoms with Crippen LogP contribution >= 0.6 is 0 Å². The molecule has 0 bridgehead atoms. The van der Waals surface area contributed by atoms with E-state index in [0.717, 1.165) is 17.8 Å². The molecule has 10 heavy (non-hydrogen) atoms. The molecule has 2 aliphatic rings. The van der Waals surface area contributed by atoms with Crippen LogP contribution in [-0.2, 0) is 0 Å². The molecule has 0 saturated heterocycles. The molecule has 2 aliphatic carbocycles. The summed E-state index contributed by atoms with van der Waals surface area (Å²) in [7, 11) is 0. The van der Waals surface area contributed by atoms with E-state index < -0.39 is 0 Å². The van der Waals surface area contributed by atoms with Crippen molar-refractivity contribution < 1.29 is 0 Å². The van der Waals surface area contributed by atoms with Gasteiger partial charge in [0.2, 0.25) is 0 Å².